The van der Waals surface area contributed by atoms with E-state index in [2.05, 4.69) is 58.8 Å². The number of para-hydroxylation sites is 1. The summed E-state index contributed by atoms with van der Waals surface area (Å²) in [5.74, 6) is 0.981. The number of hydrogen-bond acceptors (Lipinski definition) is 4. The van der Waals surface area contributed by atoms with Crippen molar-refractivity contribution in [1.29, 1.82) is 0 Å². The molecule has 1 aliphatic rings. The Balaban J connectivity index is 0.00000240. The highest BCUT2D eigenvalue weighted by molar-refractivity contribution is 5.90. The van der Waals surface area contributed by atoms with E-state index in [1.54, 1.807) is 4.68 Å². The second-order valence-corrected chi connectivity index (χ2v) is 7.50. The topological polar surface area (TPSA) is 71.8 Å². The van der Waals surface area contributed by atoms with Crippen molar-refractivity contribution >= 4 is 18.3 Å². The van der Waals surface area contributed by atoms with Gasteiger partial charge in [0, 0.05) is 19.6 Å². The highest BCUT2D eigenvalue weighted by Gasteiger charge is 2.18. The Morgan fingerprint density at radius 3 is 2.72 bits per heavy atom. The van der Waals surface area contributed by atoms with Crippen LogP contribution in [0.2, 0.25) is 0 Å². The maximum absolute atomic E-state index is 12.6. The van der Waals surface area contributed by atoms with E-state index in [-0.39, 0.29) is 24.1 Å². The van der Waals surface area contributed by atoms with Crippen molar-refractivity contribution in [2.45, 2.75) is 46.3 Å². The van der Waals surface area contributed by atoms with Gasteiger partial charge in [-0.05, 0) is 41.2 Å². The van der Waals surface area contributed by atoms with Gasteiger partial charge in [0.25, 0.3) is 5.91 Å². The van der Waals surface area contributed by atoms with Gasteiger partial charge in [-0.15, -0.1) is 17.5 Å². The van der Waals surface area contributed by atoms with E-state index in [1.165, 1.54) is 16.7 Å². The van der Waals surface area contributed by atoms with Gasteiger partial charge in [-0.1, -0.05) is 50.2 Å². The van der Waals surface area contributed by atoms with Gasteiger partial charge in [0.1, 0.15) is 5.82 Å². The number of carbonyl (C=O) groups is 1. The zero-order valence-electron chi connectivity index (χ0n) is 16.9. The van der Waals surface area contributed by atoms with Crippen molar-refractivity contribution in [2.75, 3.05) is 0 Å². The summed E-state index contributed by atoms with van der Waals surface area (Å²) < 4.78 is 1.76. The quantitative estimate of drug-likeness (QED) is 0.672. The first kappa shape index (κ1) is 21.0. The lowest BCUT2D eigenvalue weighted by Gasteiger charge is -2.12. The molecule has 2 heterocycles. The summed E-state index contributed by atoms with van der Waals surface area (Å²) in [5.41, 5.74) is 5.85. The number of benzene rings is 2. The first-order chi connectivity index (χ1) is 13.5. The summed E-state index contributed by atoms with van der Waals surface area (Å²) in [6, 6.07) is 14.4. The Labute approximate surface area is 177 Å². The lowest BCUT2D eigenvalue weighted by molar-refractivity contribution is 0.0940. The van der Waals surface area contributed by atoms with Crippen molar-refractivity contribution in [2.24, 2.45) is 0 Å². The Morgan fingerprint density at radius 1 is 1.17 bits per heavy atom. The van der Waals surface area contributed by atoms with Crippen LogP contribution in [0.25, 0.3) is 5.69 Å². The lowest BCUT2D eigenvalue weighted by atomic mass is 10.0. The third kappa shape index (κ3) is 4.33. The van der Waals surface area contributed by atoms with Crippen molar-refractivity contribution in [1.82, 2.24) is 25.4 Å². The van der Waals surface area contributed by atoms with Gasteiger partial charge >= 0.3 is 0 Å². The second kappa shape index (κ2) is 8.76. The van der Waals surface area contributed by atoms with Crippen molar-refractivity contribution in [3.8, 4) is 5.69 Å². The van der Waals surface area contributed by atoms with Gasteiger partial charge in [0.05, 0.1) is 5.69 Å². The van der Waals surface area contributed by atoms with E-state index in [9.17, 15) is 4.79 Å². The fourth-order valence-electron chi connectivity index (χ4n) is 3.60. The molecule has 7 heteroatoms. The number of amides is 1. The molecule has 0 spiro atoms. The lowest BCUT2D eigenvalue weighted by Crippen LogP contribution is -2.24. The van der Waals surface area contributed by atoms with Crippen LogP contribution in [0.1, 0.15) is 58.5 Å². The number of aromatic nitrogens is 3. The summed E-state index contributed by atoms with van der Waals surface area (Å²) >= 11 is 0. The average Bonchev–Trinajstić information content (AvgIpc) is 3.32. The van der Waals surface area contributed by atoms with Crippen molar-refractivity contribution in [3.63, 3.8) is 0 Å². The Morgan fingerprint density at radius 2 is 1.93 bits per heavy atom. The zero-order chi connectivity index (χ0) is 19.7. The molecule has 2 N–H and O–H groups in total. The molecule has 1 aliphatic heterocycles. The molecule has 0 fully saturated rings. The molecule has 1 amide bonds. The normalized spacial score (nSPS) is 12.6. The third-order valence-corrected chi connectivity index (χ3v) is 5.11. The van der Waals surface area contributed by atoms with Crippen LogP contribution in [0.4, 0.5) is 0 Å². The number of halogens is 1. The number of nitrogens with one attached hydrogen (secondary N) is 2. The minimum absolute atomic E-state index is 0. The molecule has 0 saturated carbocycles. The van der Waals surface area contributed by atoms with E-state index in [1.807, 2.05) is 25.1 Å². The number of nitrogens with zero attached hydrogens (tertiary/aromatic N) is 3. The van der Waals surface area contributed by atoms with E-state index in [4.69, 9.17) is 0 Å². The van der Waals surface area contributed by atoms with Crippen LogP contribution in [-0.2, 0) is 19.6 Å². The number of aryl methyl sites for hydroxylation is 1. The molecule has 0 unspecified atom stereocenters. The SMILES string of the molecule is Cc1nc(C(=O)NCc2ccc3c(c2)CNC3)nn1-c1ccccc1C(C)C.Cl. The fraction of sp³-hybridized carbons (Fsp3) is 0.318. The molecule has 3 aromatic rings. The largest absolute Gasteiger partial charge is 0.345 e. The summed E-state index contributed by atoms with van der Waals surface area (Å²) in [7, 11) is 0. The van der Waals surface area contributed by atoms with Crippen LogP contribution in [0.3, 0.4) is 0 Å². The number of fused-ring (bicyclic) bond motifs is 1. The first-order valence-electron chi connectivity index (χ1n) is 9.65. The summed E-state index contributed by atoms with van der Waals surface area (Å²) in [6.07, 6.45) is 0. The second-order valence-electron chi connectivity index (χ2n) is 7.50. The van der Waals surface area contributed by atoms with Crippen molar-refractivity contribution in [3.05, 3.63) is 76.4 Å². The van der Waals surface area contributed by atoms with E-state index in [0.717, 1.165) is 24.3 Å². The molecule has 0 saturated heterocycles. The van der Waals surface area contributed by atoms with E-state index >= 15 is 0 Å². The Bertz CT molecular complexity index is 1030. The van der Waals surface area contributed by atoms with E-state index in [0.29, 0.717) is 18.3 Å². The molecule has 29 heavy (non-hydrogen) atoms. The van der Waals surface area contributed by atoms with Crippen LogP contribution >= 0.6 is 12.4 Å². The van der Waals surface area contributed by atoms with Gasteiger partial charge in [0.2, 0.25) is 5.82 Å². The van der Waals surface area contributed by atoms with Crippen LogP contribution in [-0.4, -0.2) is 20.7 Å². The molecule has 0 aliphatic carbocycles. The van der Waals surface area contributed by atoms with Gasteiger partial charge < -0.3 is 10.6 Å². The van der Waals surface area contributed by atoms with Gasteiger partial charge in [-0.2, -0.15) is 0 Å². The number of hydrogen-bond donors (Lipinski definition) is 2. The van der Waals surface area contributed by atoms with Crippen LogP contribution in [0, 0.1) is 6.92 Å². The number of rotatable bonds is 5. The standard InChI is InChI=1S/C22H25N5O.ClH/c1-14(2)19-6-4-5-7-20(19)27-15(3)25-21(26-27)22(28)24-11-16-8-9-17-12-23-13-18(17)10-16;/h4-10,14,23H,11-13H2,1-3H3,(H,24,28);1H. The maximum atomic E-state index is 12.6. The minimum Gasteiger partial charge on any atom is -0.345 e. The summed E-state index contributed by atoms with van der Waals surface area (Å²) in [5, 5.41) is 10.7. The zero-order valence-corrected chi connectivity index (χ0v) is 17.7. The molecule has 0 bridgehead atoms. The summed E-state index contributed by atoms with van der Waals surface area (Å²) in [6.45, 7) is 8.42. The van der Waals surface area contributed by atoms with Gasteiger partial charge in [-0.3, -0.25) is 4.79 Å². The van der Waals surface area contributed by atoms with Crippen LogP contribution in [0.15, 0.2) is 42.5 Å². The highest BCUT2D eigenvalue weighted by Crippen LogP contribution is 2.23. The average molecular weight is 412 g/mol. The third-order valence-electron chi connectivity index (χ3n) is 5.11. The van der Waals surface area contributed by atoms with Gasteiger partial charge in [-0.25, -0.2) is 9.67 Å². The smallest absolute Gasteiger partial charge is 0.291 e. The van der Waals surface area contributed by atoms with Crippen molar-refractivity contribution < 1.29 is 4.79 Å². The summed E-state index contributed by atoms with van der Waals surface area (Å²) in [4.78, 5) is 17.0. The molecule has 1 aromatic heterocycles. The molecule has 152 valence electrons. The van der Waals surface area contributed by atoms with E-state index < -0.39 is 0 Å². The Kier molecular flexibility index (Phi) is 6.35. The Hall–Kier alpha value is -2.70. The monoisotopic (exact) mass is 411 g/mol. The fourth-order valence-corrected chi connectivity index (χ4v) is 3.60. The molecular formula is C22H26ClN5O. The first-order valence-corrected chi connectivity index (χ1v) is 9.65. The molecule has 0 radical (unpaired) electrons. The predicted octanol–water partition coefficient (Wildman–Crippen LogP) is 3.65. The maximum Gasteiger partial charge on any atom is 0.291 e. The molecule has 4 rings (SSSR count). The molecule has 0 atom stereocenters. The number of carbonyl (C=O) groups excluding carboxylic acids is 1. The molecular weight excluding hydrogens is 386 g/mol. The minimum atomic E-state index is -0.262. The molecule has 2 aromatic carbocycles. The van der Waals surface area contributed by atoms with Crippen LogP contribution in [0.5, 0.6) is 0 Å². The van der Waals surface area contributed by atoms with Crippen LogP contribution < -0.4 is 10.6 Å². The highest BCUT2D eigenvalue weighted by atomic mass is 35.5. The predicted molar refractivity (Wildman–Crippen MR) is 116 cm³/mol. The van der Waals surface area contributed by atoms with Gasteiger partial charge in [0.15, 0.2) is 0 Å². The molecule has 6 nitrogen and oxygen atoms in total.